The van der Waals surface area contributed by atoms with Crippen LogP contribution < -0.4 is 0 Å². The Hall–Kier alpha value is -2.52. The molecule has 0 radical (unpaired) electrons. The second-order valence-electron chi connectivity index (χ2n) is 13.6. The summed E-state index contributed by atoms with van der Waals surface area (Å²) in [5.41, 5.74) is 4.20. The first-order valence-electron chi connectivity index (χ1n) is 15.1. The number of fused-ring (bicyclic) bond motifs is 13. The Morgan fingerprint density at radius 1 is 0.625 bits per heavy atom. The molecular weight excluding hydrogens is 504 g/mol. The predicted octanol–water partition coefficient (Wildman–Crippen LogP) is 6.50. The summed E-state index contributed by atoms with van der Waals surface area (Å²) in [7, 11) is 0. The summed E-state index contributed by atoms with van der Waals surface area (Å²) in [6.07, 6.45) is -0.358. The third-order valence-corrected chi connectivity index (χ3v) is 10.1. The van der Waals surface area contributed by atoms with E-state index in [1.165, 1.54) is 0 Å². The molecule has 0 N–H and O–H groups in total. The minimum Gasteiger partial charge on any atom is -0.341 e. The van der Waals surface area contributed by atoms with Gasteiger partial charge in [0.05, 0.1) is 35.2 Å². The number of rotatable bonds is 4. The van der Waals surface area contributed by atoms with Crippen LogP contribution in [0.25, 0.3) is 32.8 Å². The van der Waals surface area contributed by atoms with Gasteiger partial charge in [0.15, 0.2) is 11.6 Å². The Bertz CT molecular complexity index is 1550. The largest absolute Gasteiger partial charge is 0.341 e. The van der Waals surface area contributed by atoms with Gasteiger partial charge >= 0.3 is 0 Å². The van der Waals surface area contributed by atoms with E-state index in [1.54, 1.807) is 0 Å². The molecule has 4 unspecified atom stereocenters. The molecule has 212 valence electrons. The van der Waals surface area contributed by atoms with Gasteiger partial charge in [-0.3, -0.25) is 0 Å². The maximum absolute atomic E-state index is 6.75. The zero-order chi connectivity index (χ0) is 27.9. The third kappa shape index (κ3) is 2.95. The maximum Gasteiger partial charge on any atom is 0.174 e. The molecule has 4 atom stereocenters. The lowest BCUT2D eigenvalue weighted by Gasteiger charge is -2.36. The second-order valence-corrected chi connectivity index (χ2v) is 13.6. The van der Waals surface area contributed by atoms with Crippen molar-refractivity contribution in [3.8, 4) is 0 Å². The van der Waals surface area contributed by atoms with Gasteiger partial charge in [0.2, 0.25) is 0 Å². The minimum atomic E-state index is -0.584. The van der Waals surface area contributed by atoms with Crippen LogP contribution in [0.15, 0.2) is 24.3 Å². The molecule has 0 amide bonds. The van der Waals surface area contributed by atoms with E-state index in [4.69, 9.17) is 28.9 Å². The second kappa shape index (κ2) is 8.06. The van der Waals surface area contributed by atoms with Crippen LogP contribution in [0, 0.1) is 23.7 Å². The van der Waals surface area contributed by atoms with Gasteiger partial charge < -0.3 is 28.1 Å². The molecule has 0 spiro atoms. The summed E-state index contributed by atoms with van der Waals surface area (Å²) in [5, 5.41) is 2.24. The molecule has 2 aromatic heterocycles. The molecule has 0 bridgehead atoms. The fourth-order valence-electron chi connectivity index (χ4n) is 8.12. The average molecular weight is 545 g/mol. The number of hydrogen-bond donors (Lipinski definition) is 0. The lowest BCUT2D eigenvalue weighted by Crippen LogP contribution is -2.43. The summed E-state index contributed by atoms with van der Waals surface area (Å²) < 4.78 is 31.4. The van der Waals surface area contributed by atoms with Crippen molar-refractivity contribution in [3.05, 3.63) is 35.9 Å². The van der Waals surface area contributed by atoms with Crippen molar-refractivity contribution in [1.82, 2.24) is 19.1 Å². The van der Waals surface area contributed by atoms with Crippen molar-refractivity contribution >= 4 is 32.8 Å². The van der Waals surface area contributed by atoms with E-state index in [0.29, 0.717) is 0 Å². The fourth-order valence-corrected chi connectivity index (χ4v) is 8.12. The molecule has 8 rings (SSSR count). The number of aromatic nitrogens is 4. The lowest BCUT2D eigenvalue weighted by atomic mass is 9.91. The quantitative estimate of drug-likeness (QED) is 0.292. The zero-order valence-corrected chi connectivity index (χ0v) is 24.8. The third-order valence-electron chi connectivity index (χ3n) is 10.1. The van der Waals surface area contributed by atoms with E-state index < -0.39 is 11.6 Å². The van der Waals surface area contributed by atoms with Gasteiger partial charge in [0.25, 0.3) is 0 Å². The summed E-state index contributed by atoms with van der Waals surface area (Å²) >= 11 is 0. The molecule has 4 aliphatic rings. The Morgan fingerprint density at radius 3 is 1.40 bits per heavy atom. The highest BCUT2D eigenvalue weighted by atomic mass is 16.8. The number of hydrogen-bond acceptors (Lipinski definition) is 6. The first-order chi connectivity index (χ1) is 19.1. The lowest BCUT2D eigenvalue weighted by molar-refractivity contribution is -0.236. The zero-order valence-electron chi connectivity index (χ0n) is 24.8. The van der Waals surface area contributed by atoms with E-state index in [2.05, 4.69) is 88.8 Å². The predicted molar refractivity (Wildman–Crippen MR) is 153 cm³/mol. The van der Waals surface area contributed by atoms with Gasteiger partial charge in [-0.15, -0.1) is 0 Å². The molecule has 0 aliphatic carbocycles. The van der Waals surface area contributed by atoms with Crippen LogP contribution in [-0.2, 0) is 32.0 Å². The van der Waals surface area contributed by atoms with Crippen LogP contribution in [0.4, 0.5) is 0 Å². The summed E-state index contributed by atoms with van der Waals surface area (Å²) in [4.78, 5) is 10.5. The molecule has 8 nitrogen and oxygen atoms in total. The molecule has 0 saturated carbocycles. The summed E-state index contributed by atoms with van der Waals surface area (Å²) in [6, 6.07) is 8.76. The maximum atomic E-state index is 6.75. The Kier molecular flexibility index (Phi) is 5.08. The van der Waals surface area contributed by atoms with Crippen molar-refractivity contribution in [2.45, 2.75) is 104 Å². The van der Waals surface area contributed by atoms with Crippen LogP contribution in [0.3, 0.4) is 0 Å². The average Bonchev–Trinajstić information content (AvgIpc) is 3.69. The number of nitrogens with zero attached hydrogens (tertiary/aromatic N) is 4. The van der Waals surface area contributed by atoms with E-state index in [9.17, 15) is 0 Å². The van der Waals surface area contributed by atoms with E-state index >= 15 is 0 Å². The highest BCUT2D eigenvalue weighted by molar-refractivity contribution is 6.16. The van der Waals surface area contributed by atoms with Gasteiger partial charge in [0, 0.05) is 29.1 Å². The monoisotopic (exact) mass is 544 g/mol. The SMILES string of the molecule is CC(C)C1(C(C)C)OC2Cn3c(nc4c5c(ccc43)ccc3c5nc4n3CC3OC(C(C)C)(C(C)C)OC43)C2O1. The van der Waals surface area contributed by atoms with Crippen LogP contribution >= 0.6 is 0 Å². The van der Waals surface area contributed by atoms with Gasteiger partial charge in [0.1, 0.15) is 36.1 Å². The van der Waals surface area contributed by atoms with Gasteiger partial charge in [-0.1, -0.05) is 67.5 Å². The first kappa shape index (κ1) is 25.2. The van der Waals surface area contributed by atoms with Crippen LogP contribution in [0.2, 0.25) is 0 Å². The molecule has 2 aromatic carbocycles. The molecular formula is C32H40N4O4. The number of ether oxygens (including phenoxy) is 4. The van der Waals surface area contributed by atoms with Crippen molar-refractivity contribution in [2.75, 3.05) is 0 Å². The normalized spacial score (nSPS) is 28.2. The molecule has 4 aromatic rings. The number of imidazole rings is 2. The smallest absolute Gasteiger partial charge is 0.174 e. The standard InChI is InChI=1S/C32H40N4O4/c1-15(2)31(16(3)4)37-22-13-35-20-11-9-19-10-12-21-26(24(19)25(20)33-29(35)27(22)39-31)34-30-28-23(14-36(21)30)38-32(40-28,17(5)6)18(7)8/h9-12,15-18,22-23,27-28H,13-14H2,1-8H3. The van der Waals surface area contributed by atoms with Gasteiger partial charge in [-0.05, 0) is 17.5 Å². The number of benzene rings is 2. The fraction of sp³-hybridized carbons (Fsp3) is 0.625. The molecule has 2 fully saturated rings. The minimum absolute atomic E-state index is 0.0155. The van der Waals surface area contributed by atoms with Crippen molar-refractivity contribution in [3.63, 3.8) is 0 Å². The topological polar surface area (TPSA) is 72.6 Å². The Labute approximate surface area is 234 Å². The molecule has 4 aliphatic heterocycles. The van der Waals surface area contributed by atoms with E-state index in [0.717, 1.165) is 57.6 Å². The Morgan fingerprint density at radius 2 is 1.02 bits per heavy atom. The molecule has 8 heteroatoms. The van der Waals surface area contributed by atoms with Crippen molar-refractivity contribution in [2.24, 2.45) is 23.7 Å². The van der Waals surface area contributed by atoms with Crippen LogP contribution in [0.1, 0.15) is 79.2 Å². The van der Waals surface area contributed by atoms with Crippen molar-refractivity contribution < 1.29 is 18.9 Å². The molecule has 40 heavy (non-hydrogen) atoms. The van der Waals surface area contributed by atoms with Gasteiger partial charge in [-0.25, -0.2) is 9.97 Å². The summed E-state index contributed by atoms with van der Waals surface area (Å²) in [6.45, 7) is 19.0. The van der Waals surface area contributed by atoms with Crippen LogP contribution in [0.5, 0.6) is 0 Å². The van der Waals surface area contributed by atoms with Crippen molar-refractivity contribution in [1.29, 1.82) is 0 Å². The van der Waals surface area contributed by atoms with E-state index in [1.807, 2.05) is 0 Å². The highest BCUT2D eigenvalue weighted by Crippen LogP contribution is 2.52. The molecule has 2 saturated heterocycles. The first-order valence-corrected chi connectivity index (χ1v) is 15.1. The highest BCUT2D eigenvalue weighted by Gasteiger charge is 2.57. The van der Waals surface area contributed by atoms with E-state index in [-0.39, 0.29) is 48.1 Å². The van der Waals surface area contributed by atoms with Gasteiger partial charge in [-0.2, -0.15) is 0 Å². The Balaban J connectivity index is 1.25. The van der Waals surface area contributed by atoms with Crippen LogP contribution in [-0.4, -0.2) is 42.9 Å². The molecule has 6 heterocycles. The summed E-state index contributed by atoms with van der Waals surface area (Å²) in [5.74, 6) is 1.76.